The quantitative estimate of drug-likeness (QED) is 0.156. The van der Waals surface area contributed by atoms with Gasteiger partial charge in [0.2, 0.25) is 0 Å². The minimum absolute atomic E-state index is 0. The largest absolute Gasteiger partial charge is 0.509 e. The van der Waals surface area contributed by atoms with Crippen LogP contribution < -0.4 is 14.5 Å². The standard InChI is InChI=1S/C54H58N4O.CH3.Pt/c1-51(2,3)37-19-16-20-41(27-37)56-34-49(36-17-14-13-15-18-36)57(35-56)42-28-40(54(10,11)12)29-44(32-42)59-43-22-24-46-45-23-21-38(52(4,5)6)30-47(45)58(48(46)33-43)50-31-39(25-26-55-50)53(7,8)9;;/h13-31,34H,35H2,1-12H3;1H3;/q-2;-1;. The van der Waals surface area contributed by atoms with Crippen molar-refractivity contribution in [3.05, 3.63) is 169 Å². The normalized spacial score (nSPS) is 13.6. The topological polar surface area (TPSA) is 33.5 Å². The molecule has 0 bridgehead atoms. The third-order valence-corrected chi connectivity index (χ3v) is 11.5. The molecule has 8 rings (SSSR count). The molecule has 0 saturated heterocycles. The number of rotatable bonds is 6. The van der Waals surface area contributed by atoms with E-state index < -0.39 is 0 Å². The molecule has 0 fully saturated rings. The van der Waals surface area contributed by atoms with Gasteiger partial charge < -0.3 is 26.5 Å². The fourth-order valence-electron chi connectivity index (χ4n) is 7.81. The van der Waals surface area contributed by atoms with E-state index in [9.17, 15) is 0 Å². The van der Waals surface area contributed by atoms with Crippen LogP contribution in [-0.4, -0.2) is 16.2 Å². The summed E-state index contributed by atoms with van der Waals surface area (Å²) in [6, 6.07) is 46.7. The van der Waals surface area contributed by atoms with Gasteiger partial charge in [-0.3, -0.25) is 0 Å². The van der Waals surface area contributed by atoms with Crippen LogP contribution in [-0.2, 0) is 42.7 Å². The Kier molecular flexibility index (Phi) is 12.4. The number of nitrogens with zero attached hydrogens (tertiary/aromatic N) is 4. The SMILES string of the molecule is CC(C)(C)c1cc(Oc2[c-]c3c(cc2)c2ccc(C(C)(C)C)cc2n3-c2cc(C(C)(C)C)ccn2)[c-]c(N2CN(c3cccc(C(C)(C)C)c3)C=C2c2ccccc2)c1.[CH3-].[Pt]. The van der Waals surface area contributed by atoms with E-state index in [0.29, 0.717) is 18.2 Å². The molecule has 0 unspecified atom stereocenters. The number of hydrogen-bond donors (Lipinski definition) is 0. The molecule has 1 aliphatic rings. The van der Waals surface area contributed by atoms with Gasteiger partial charge in [0.15, 0.2) is 0 Å². The van der Waals surface area contributed by atoms with Gasteiger partial charge in [0.25, 0.3) is 0 Å². The molecule has 0 radical (unpaired) electrons. The monoisotopic (exact) mass is 988 g/mol. The first kappa shape index (κ1) is 45.4. The van der Waals surface area contributed by atoms with Gasteiger partial charge in [-0.15, -0.1) is 41.3 Å². The minimum atomic E-state index is -0.145. The average Bonchev–Trinajstić information content (AvgIpc) is 3.77. The van der Waals surface area contributed by atoms with Gasteiger partial charge in [0.05, 0.1) is 12.4 Å². The summed E-state index contributed by atoms with van der Waals surface area (Å²) >= 11 is 0. The van der Waals surface area contributed by atoms with Crippen molar-refractivity contribution in [2.75, 3.05) is 16.5 Å². The molecule has 3 heterocycles. The number of anilines is 2. The maximum atomic E-state index is 6.87. The van der Waals surface area contributed by atoms with Crippen molar-refractivity contribution in [3.63, 3.8) is 0 Å². The summed E-state index contributed by atoms with van der Waals surface area (Å²) in [6.45, 7) is 27.7. The zero-order valence-corrected chi connectivity index (χ0v) is 40.5. The summed E-state index contributed by atoms with van der Waals surface area (Å²) in [5.41, 5.74) is 11.2. The average molecular weight is 989 g/mol. The van der Waals surface area contributed by atoms with Crippen molar-refractivity contribution in [2.24, 2.45) is 0 Å². The van der Waals surface area contributed by atoms with E-state index in [0.717, 1.165) is 55.8 Å². The Morgan fingerprint density at radius 1 is 0.574 bits per heavy atom. The Balaban J connectivity index is 0.00000311. The number of ether oxygens (including phenoxy) is 1. The van der Waals surface area contributed by atoms with Crippen LogP contribution in [0.4, 0.5) is 11.4 Å². The van der Waals surface area contributed by atoms with E-state index >= 15 is 0 Å². The summed E-state index contributed by atoms with van der Waals surface area (Å²) in [5.74, 6) is 2.14. The third kappa shape index (κ3) is 9.24. The molecule has 1 aliphatic heterocycles. The number of fused-ring (bicyclic) bond motifs is 3. The molecule has 0 spiro atoms. The molecule has 5 nitrogen and oxygen atoms in total. The van der Waals surface area contributed by atoms with Crippen molar-refractivity contribution in [1.29, 1.82) is 0 Å². The number of aromatic nitrogens is 2. The minimum Gasteiger partial charge on any atom is -0.509 e. The summed E-state index contributed by atoms with van der Waals surface area (Å²) in [7, 11) is 0. The molecule has 0 saturated carbocycles. The van der Waals surface area contributed by atoms with E-state index in [2.05, 4.69) is 219 Å². The Morgan fingerprint density at radius 3 is 1.89 bits per heavy atom. The summed E-state index contributed by atoms with van der Waals surface area (Å²) in [4.78, 5) is 9.64. The van der Waals surface area contributed by atoms with Gasteiger partial charge in [-0.25, -0.2) is 4.98 Å². The van der Waals surface area contributed by atoms with Gasteiger partial charge in [-0.05, 0) is 79.6 Å². The second-order valence-corrected chi connectivity index (χ2v) is 20.2. The first-order chi connectivity index (χ1) is 27.7. The zero-order valence-electron chi connectivity index (χ0n) is 38.3. The second kappa shape index (κ2) is 16.6. The Hall–Kier alpha value is -5.12. The van der Waals surface area contributed by atoms with Gasteiger partial charge in [0.1, 0.15) is 5.82 Å². The Labute approximate surface area is 379 Å². The molecule has 61 heavy (non-hydrogen) atoms. The van der Waals surface area contributed by atoms with E-state index in [4.69, 9.17) is 9.72 Å². The molecule has 7 aromatic rings. The van der Waals surface area contributed by atoms with E-state index in [1.54, 1.807) is 0 Å². The van der Waals surface area contributed by atoms with Gasteiger partial charge in [-0.1, -0.05) is 149 Å². The van der Waals surface area contributed by atoms with Gasteiger partial charge in [0, 0.05) is 56.2 Å². The van der Waals surface area contributed by atoms with Gasteiger partial charge >= 0.3 is 0 Å². The third-order valence-electron chi connectivity index (χ3n) is 11.5. The smallest absolute Gasteiger partial charge is 0.135 e. The number of pyridine rings is 1. The van der Waals surface area contributed by atoms with Crippen molar-refractivity contribution in [2.45, 2.75) is 105 Å². The van der Waals surface area contributed by atoms with Crippen LogP contribution in [0.15, 0.2) is 122 Å². The second-order valence-electron chi connectivity index (χ2n) is 20.2. The van der Waals surface area contributed by atoms with Crippen LogP contribution in [0.2, 0.25) is 0 Å². The van der Waals surface area contributed by atoms with Crippen molar-refractivity contribution >= 4 is 38.9 Å². The predicted octanol–water partition coefficient (Wildman–Crippen LogP) is 14.5. The maximum Gasteiger partial charge on any atom is 0.135 e. The maximum absolute atomic E-state index is 6.87. The molecule has 0 atom stereocenters. The first-order valence-electron chi connectivity index (χ1n) is 20.9. The molecular weight excluding hydrogens is 928 g/mol. The fourth-order valence-corrected chi connectivity index (χ4v) is 7.81. The first-order valence-corrected chi connectivity index (χ1v) is 20.9. The van der Waals surface area contributed by atoms with E-state index in [-0.39, 0.29) is 50.2 Å². The molecule has 2 aromatic heterocycles. The van der Waals surface area contributed by atoms with Gasteiger partial charge in [-0.2, -0.15) is 6.07 Å². The summed E-state index contributed by atoms with van der Waals surface area (Å²) < 4.78 is 9.12. The van der Waals surface area contributed by atoms with Crippen LogP contribution >= 0.6 is 0 Å². The number of hydrogen-bond acceptors (Lipinski definition) is 4. The van der Waals surface area contributed by atoms with Crippen molar-refractivity contribution < 1.29 is 25.8 Å². The molecule has 0 aliphatic carbocycles. The van der Waals surface area contributed by atoms with Crippen LogP contribution in [0.5, 0.6) is 11.5 Å². The van der Waals surface area contributed by atoms with E-state index in [1.807, 2.05) is 12.3 Å². The molecule has 0 N–H and O–H groups in total. The summed E-state index contributed by atoms with van der Waals surface area (Å²) in [6.07, 6.45) is 4.19. The van der Waals surface area contributed by atoms with Crippen LogP contribution in [0.3, 0.4) is 0 Å². The van der Waals surface area contributed by atoms with E-state index in [1.165, 1.54) is 16.7 Å². The molecular formula is C55H61N4OPt-3. The predicted molar refractivity (Wildman–Crippen MR) is 255 cm³/mol. The molecule has 0 amide bonds. The zero-order chi connectivity index (χ0) is 42.1. The molecule has 6 heteroatoms. The van der Waals surface area contributed by atoms with Crippen LogP contribution in [0, 0.1) is 19.6 Å². The van der Waals surface area contributed by atoms with Crippen molar-refractivity contribution in [1.82, 2.24) is 9.55 Å². The Morgan fingerprint density at radius 2 is 1.21 bits per heavy atom. The summed E-state index contributed by atoms with van der Waals surface area (Å²) in [5, 5.41) is 2.27. The van der Waals surface area contributed by atoms with Crippen LogP contribution in [0.25, 0.3) is 33.3 Å². The molecule has 320 valence electrons. The van der Waals surface area contributed by atoms with Crippen LogP contribution in [0.1, 0.15) is 111 Å². The molecule has 5 aromatic carbocycles. The Bertz CT molecular complexity index is 2720. The number of benzene rings is 5. The fraction of sp³-hybridized carbons (Fsp3) is 0.309. The van der Waals surface area contributed by atoms with Crippen molar-refractivity contribution in [3.8, 4) is 17.3 Å².